The van der Waals surface area contributed by atoms with Gasteiger partial charge in [-0.25, -0.2) is 9.18 Å². The molecule has 0 spiro atoms. The molecule has 0 radical (unpaired) electrons. The predicted molar refractivity (Wildman–Crippen MR) is 53.4 cm³/mol. The number of rotatable bonds is 2. The highest BCUT2D eigenvalue weighted by Crippen LogP contribution is 2.28. The maximum atomic E-state index is 13.0. The quantitative estimate of drug-likeness (QED) is 0.650. The molecule has 0 aliphatic heterocycles. The van der Waals surface area contributed by atoms with Crippen LogP contribution < -0.4 is 0 Å². The maximum absolute atomic E-state index is 13.0. The van der Waals surface area contributed by atoms with E-state index >= 15 is 0 Å². The molecule has 1 rings (SSSR count). The first kappa shape index (κ1) is 12.2. The summed E-state index contributed by atoms with van der Waals surface area (Å²) in [4.78, 5) is 11.0. The van der Waals surface area contributed by atoms with Gasteiger partial charge in [0.05, 0.1) is 17.2 Å². The fourth-order valence-corrected chi connectivity index (χ4v) is 1.48. The summed E-state index contributed by atoms with van der Waals surface area (Å²) in [7, 11) is 1.12. The third-order valence-electron chi connectivity index (χ3n) is 1.75. The van der Waals surface area contributed by atoms with Crippen molar-refractivity contribution in [1.82, 2.24) is 0 Å². The van der Waals surface area contributed by atoms with Crippen molar-refractivity contribution in [1.29, 1.82) is 0 Å². The van der Waals surface area contributed by atoms with Crippen molar-refractivity contribution in [3.05, 3.63) is 33.6 Å². The Morgan fingerprint density at radius 3 is 2.33 bits per heavy atom. The smallest absolute Gasteiger partial charge is 0.339 e. The minimum absolute atomic E-state index is 0.0817. The summed E-state index contributed by atoms with van der Waals surface area (Å²) >= 11 is 11.0. The second-order valence-electron chi connectivity index (χ2n) is 2.72. The number of carbonyl (C=O) groups excluding carboxylic acids is 1. The third kappa shape index (κ3) is 2.59. The molecule has 1 N–H and O–H groups in total. The van der Waals surface area contributed by atoms with Crippen molar-refractivity contribution in [2.24, 2.45) is 0 Å². The molecule has 15 heavy (non-hydrogen) atoms. The monoisotopic (exact) mass is 252 g/mol. The molecular formula is C9H7Cl2FO3. The molecular weight excluding hydrogens is 246 g/mol. The van der Waals surface area contributed by atoms with Crippen molar-refractivity contribution < 1.29 is 19.0 Å². The second-order valence-corrected chi connectivity index (χ2v) is 3.54. The van der Waals surface area contributed by atoms with Crippen molar-refractivity contribution in [3.63, 3.8) is 0 Å². The van der Waals surface area contributed by atoms with Crippen molar-refractivity contribution in [3.8, 4) is 0 Å². The molecule has 0 heterocycles. The Morgan fingerprint density at radius 2 is 1.93 bits per heavy atom. The molecule has 1 unspecified atom stereocenters. The van der Waals surface area contributed by atoms with Gasteiger partial charge in [0.1, 0.15) is 0 Å². The van der Waals surface area contributed by atoms with E-state index < -0.39 is 17.9 Å². The zero-order valence-corrected chi connectivity index (χ0v) is 9.14. The van der Waals surface area contributed by atoms with Crippen LogP contribution in [0, 0.1) is 5.82 Å². The van der Waals surface area contributed by atoms with Crippen LogP contribution in [0.2, 0.25) is 10.0 Å². The van der Waals surface area contributed by atoms with Crippen LogP contribution in [0.3, 0.4) is 0 Å². The number of hydrogen-bond acceptors (Lipinski definition) is 3. The first-order valence-electron chi connectivity index (χ1n) is 3.87. The molecule has 1 aromatic rings. The van der Waals surface area contributed by atoms with Gasteiger partial charge in [-0.05, 0) is 17.7 Å². The number of aliphatic hydroxyl groups is 1. The van der Waals surface area contributed by atoms with Crippen LogP contribution in [0.15, 0.2) is 12.1 Å². The molecule has 82 valence electrons. The molecule has 1 atom stereocenters. The van der Waals surface area contributed by atoms with Gasteiger partial charge in [0.25, 0.3) is 0 Å². The summed E-state index contributed by atoms with van der Waals surface area (Å²) in [5.41, 5.74) is 0.0817. The van der Waals surface area contributed by atoms with Gasteiger partial charge in [0.15, 0.2) is 11.9 Å². The van der Waals surface area contributed by atoms with Crippen molar-refractivity contribution in [2.75, 3.05) is 7.11 Å². The largest absolute Gasteiger partial charge is 0.467 e. The first-order chi connectivity index (χ1) is 6.97. The fraction of sp³-hybridized carbons (Fsp3) is 0.222. The van der Waals surface area contributed by atoms with Crippen LogP contribution in [0.1, 0.15) is 11.7 Å². The predicted octanol–water partition coefficient (Wildman–Crippen LogP) is 2.34. The Morgan fingerprint density at radius 1 is 1.47 bits per heavy atom. The zero-order chi connectivity index (χ0) is 11.6. The lowest BCUT2D eigenvalue weighted by Gasteiger charge is -2.09. The number of hydrogen-bond donors (Lipinski definition) is 1. The van der Waals surface area contributed by atoms with E-state index in [1.165, 1.54) is 0 Å². The molecule has 0 aliphatic carbocycles. The van der Waals surface area contributed by atoms with Gasteiger partial charge in [-0.2, -0.15) is 0 Å². The van der Waals surface area contributed by atoms with E-state index in [0.717, 1.165) is 19.2 Å². The van der Waals surface area contributed by atoms with E-state index in [2.05, 4.69) is 4.74 Å². The number of esters is 1. The molecule has 1 aromatic carbocycles. The van der Waals surface area contributed by atoms with Crippen LogP contribution in [-0.4, -0.2) is 18.2 Å². The highest BCUT2D eigenvalue weighted by atomic mass is 35.5. The Balaban J connectivity index is 3.11. The standard InChI is InChI=1S/C9H7Cl2FO3/c1-15-9(14)8(13)4-2-5(10)7(12)6(11)3-4/h2-3,8,13H,1H3. The molecule has 3 nitrogen and oxygen atoms in total. The second kappa shape index (κ2) is 4.79. The third-order valence-corrected chi connectivity index (χ3v) is 2.30. The SMILES string of the molecule is COC(=O)C(O)c1cc(Cl)c(F)c(Cl)c1. The number of benzene rings is 1. The van der Waals surface area contributed by atoms with Crippen LogP contribution in [-0.2, 0) is 9.53 Å². The van der Waals surface area contributed by atoms with Crippen molar-refractivity contribution in [2.45, 2.75) is 6.10 Å². The average Bonchev–Trinajstić information content (AvgIpc) is 2.23. The van der Waals surface area contributed by atoms with Crippen LogP contribution in [0.5, 0.6) is 0 Å². The molecule has 0 aromatic heterocycles. The molecule has 0 amide bonds. The Hall–Kier alpha value is -0.840. The summed E-state index contributed by atoms with van der Waals surface area (Å²) in [6.45, 7) is 0. The van der Waals surface area contributed by atoms with Gasteiger partial charge in [0, 0.05) is 0 Å². The summed E-state index contributed by atoms with van der Waals surface area (Å²) in [6, 6.07) is 2.23. The maximum Gasteiger partial charge on any atom is 0.339 e. The van der Waals surface area contributed by atoms with Gasteiger partial charge in [-0.15, -0.1) is 0 Å². The van der Waals surface area contributed by atoms with E-state index in [1.807, 2.05) is 0 Å². The van der Waals surface area contributed by atoms with Crippen LogP contribution in [0.4, 0.5) is 4.39 Å². The number of ether oxygens (including phenoxy) is 1. The van der Waals surface area contributed by atoms with Crippen molar-refractivity contribution >= 4 is 29.2 Å². The minimum atomic E-state index is -1.52. The fourth-order valence-electron chi connectivity index (χ4n) is 0.981. The van der Waals surface area contributed by atoms with E-state index in [4.69, 9.17) is 23.2 Å². The van der Waals surface area contributed by atoms with E-state index in [0.29, 0.717) is 0 Å². The number of methoxy groups -OCH3 is 1. The molecule has 0 fully saturated rings. The molecule has 0 bridgehead atoms. The average molecular weight is 253 g/mol. The zero-order valence-electron chi connectivity index (χ0n) is 7.63. The lowest BCUT2D eigenvalue weighted by molar-refractivity contribution is -0.150. The van der Waals surface area contributed by atoms with Gasteiger partial charge in [0.2, 0.25) is 0 Å². The molecule has 0 saturated heterocycles. The summed E-state index contributed by atoms with van der Waals surface area (Å²) in [5, 5.41) is 8.89. The molecule has 0 saturated carbocycles. The summed E-state index contributed by atoms with van der Waals surface area (Å²) in [5.74, 6) is -1.66. The van der Waals surface area contributed by atoms with Crippen LogP contribution >= 0.6 is 23.2 Å². The Bertz CT molecular complexity index is 372. The van der Waals surface area contributed by atoms with E-state index in [-0.39, 0.29) is 15.6 Å². The first-order valence-corrected chi connectivity index (χ1v) is 4.63. The van der Waals surface area contributed by atoms with Gasteiger partial charge in [-0.1, -0.05) is 23.2 Å². The minimum Gasteiger partial charge on any atom is -0.467 e. The lowest BCUT2D eigenvalue weighted by Crippen LogP contribution is -2.13. The van der Waals surface area contributed by atoms with E-state index in [9.17, 15) is 14.3 Å². The highest BCUT2D eigenvalue weighted by molar-refractivity contribution is 6.35. The highest BCUT2D eigenvalue weighted by Gasteiger charge is 2.20. The number of aliphatic hydroxyl groups excluding tert-OH is 1. The number of halogens is 3. The summed E-state index contributed by atoms with van der Waals surface area (Å²) in [6.07, 6.45) is -1.52. The van der Waals surface area contributed by atoms with Gasteiger partial charge < -0.3 is 9.84 Å². The lowest BCUT2D eigenvalue weighted by atomic mass is 10.1. The number of carbonyl (C=O) groups is 1. The summed E-state index contributed by atoms with van der Waals surface area (Å²) < 4.78 is 17.3. The van der Waals surface area contributed by atoms with Crippen LogP contribution in [0.25, 0.3) is 0 Å². The normalized spacial score (nSPS) is 12.3. The Kier molecular flexibility index (Phi) is 3.90. The van der Waals surface area contributed by atoms with Gasteiger partial charge >= 0.3 is 5.97 Å². The van der Waals surface area contributed by atoms with Gasteiger partial charge in [-0.3, -0.25) is 0 Å². The van der Waals surface area contributed by atoms with E-state index in [1.54, 1.807) is 0 Å². The Labute approximate surface area is 95.4 Å². The molecule has 0 aliphatic rings. The molecule has 6 heteroatoms. The topological polar surface area (TPSA) is 46.5 Å².